The van der Waals surface area contributed by atoms with Crippen molar-refractivity contribution in [2.75, 3.05) is 20.1 Å². The summed E-state index contributed by atoms with van der Waals surface area (Å²) in [6, 6.07) is 8.04. The van der Waals surface area contributed by atoms with Crippen LogP contribution in [-0.2, 0) is 0 Å². The van der Waals surface area contributed by atoms with Crippen LogP contribution in [0.5, 0.6) is 0 Å². The van der Waals surface area contributed by atoms with Gasteiger partial charge in [0.25, 0.3) is 5.91 Å². The Balaban J connectivity index is 1.62. The van der Waals surface area contributed by atoms with Gasteiger partial charge in [-0.3, -0.25) is 4.79 Å². The van der Waals surface area contributed by atoms with Crippen LogP contribution >= 0.6 is 11.6 Å². The number of hydrogen-bond donors (Lipinski definition) is 1. The molecule has 1 saturated heterocycles. The zero-order valence-electron chi connectivity index (χ0n) is 14.3. The van der Waals surface area contributed by atoms with Crippen LogP contribution in [0.2, 0.25) is 5.02 Å². The van der Waals surface area contributed by atoms with Crippen molar-refractivity contribution in [3.63, 3.8) is 0 Å². The fraction of sp³-hybridized carbons (Fsp3) is 0.500. The van der Waals surface area contributed by atoms with Gasteiger partial charge in [0, 0.05) is 25.0 Å². The van der Waals surface area contributed by atoms with Crippen LogP contribution < -0.4 is 5.32 Å². The molecule has 4 rings (SSSR count). The minimum absolute atomic E-state index is 0.0812. The molecule has 2 fully saturated rings. The average molecular weight is 360 g/mol. The monoisotopic (exact) mass is 359 g/mol. The van der Waals surface area contributed by atoms with Crippen molar-refractivity contribution >= 4 is 17.5 Å². The number of halogens is 1. The second kappa shape index (κ2) is 6.77. The summed E-state index contributed by atoms with van der Waals surface area (Å²) >= 11 is 6.33. The number of nitrogens with one attached hydrogen (secondary N) is 1. The van der Waals surface area contributed by atoms with Crippen molar-refractivity contribution in [3.05, 3.63) is 40.9 Å². The minimum Gasteiger partial charge on any atom is -0.336 e. The molecular formula is C18H22ClN5O. The van der Waals surface area contributed by atoms with E-state index in [1.807, 2.05) is 36.2 Å². The highest BCUT2D eigenvalue weighted by Crippen LogP contribution is 2.40. The topological polar surface area (TPSA) is 63.1 Å². The van der Waals surface area contributed by atoms with Crippen LogP contribution in [-0.4, -0.2) is 51.8 Å². The molecule has 1 aromatic carbocycles. The van der Waals surface area contributed by atoms with Gasteiger partial charge in [0.1, 0.15) is 5.82 Å². The number of carbonyl (C=O) groups excluding carboxylic acids is 1. The number of aromatic nitrogens is 3. The van der Waals surface area contributed by atoms with E-state index in [0.717, 1.165) is 50.3 Å². The summed E-state index contributed by atoms with van der Waals surface area (Å²) < 4.78 is 1.76. The Labute approximate surface area is 152 Å². The van der Waals surface area contributed by atoms with E-state index in [1.165, 1.54) is 0 Å². The molecule has 0 unspecified atom stereocenters. The quantitative estimate of drug-likeness (QED) is 0.911. The summed E-state index contributed by atoms with van der Waals surface area (Å²) in [4.78, 5) is 19.3. The molecule has 2 aliphatic rings. The SMILES string of the molecule is CNC1CCN(C(=O)c2nc(C3CC3)n(-c3ccccc3Cl)n2)CC1. The van der Waals surface area contributed by atoms with Crippen LogP contribution in [0.4, 0.5) is 0 Å². The molecule has 1 aliphatic heterocycles. The van der Waals surface area contributed by atoms with Crippen LogP contribution in [0.1, 0.15) is 48.0 Å². The Kier molecular flexibility index (Phi) is 4.48. The molecule has 1 aromatic heterocycles. The molecule has 0 atom stereocenters. The molecule has 1 N–H and O–H groups in total. The molecule has 25 heavy (non-hydrogen) atoms. The molecule has 6 nitrogen and oxygen atoms in total. The molecule has 132 valence electrons. The molecular weight excluding hydrogens is 338 g/mol. The summed E-state index contributed by atoms with van der Waals surface area (Å²) in [6.45, 7) is 1.48. The normalized spacial score (nSPS) is 18.6. The lowest BCUT2D eigenvalue weighted by Crippen LogP contribution is -2.44. The predicted molar refractivity (Wildman–Crippen MR) is 96.3 cm³/mol. The number of carbonyl (C=O) groups is 1. The molecule has 2 aromatic rings. The number of amides is 1. The maximum Gasteiger partial charge on any atom is 0.293 e. The standard InChI is InChI=1S/C18H22ClN5O/c1-20-13-8-10-23(11-9-13)18(25)16-21-17(12-6-7-12)24(22-16)15-5-3-2-4-14(15)19/h2-5,12-13,20H,6-11H2,1H3. The lowest BCUT2D eigenvalue weighted by atomic mass is 10.1. The summed E-state index contributed by atoms with van der Waals surface area (Å²) in [5.74, 6) is 1.42. The van der Waals surface area contributed by atoms with Gasteiger partial charge in [0.05, 0.1) is 10.7 Å². The van der Waals surface area contributed by atoms with Crippen molar-refractivity contribution in [1.29, 1.82) is 0 Å². The van der Waals surface area contributed by atoms with Crippen molar-refractivity contribution in [2.24, 2.45) is 0 Å². The fourth-order valence-electron chi connectivity index (χ4n) is 3.33. The third kappa shape index (κ3) is 3.28. The van der Waals surface area contributed by atoms with E-state index in [1.54, 1.807) is 4.68 Å². The molecule has 1 amide bonds. The number of likely N-dealkylation sites (tertiary alicyclic amines) is 1. The molecule has 0 spiro atoms. The maximum atomic E-state index is 12.9. The number of rotatable bonds is 4. The first-order valence-electron chi connectivity index (χ1n) is 8.85. The second-order valence-corrected chi connectivity index (χ2v) is 7.19. The van der Waals surface area contributed by atoms with E-state index >= 15 is 0 Å². The van der Waals surface area contributed by atoms with Crippen molar-refractivity contribution in [2.45, 2.75) is 37.6 Å². The lowest BCUT2D eigenvalue weighted by molar-refractivity contribution is 0.0695. The fourth-order valence-corrected chi connectivity index (χ4v) is 3.55. The van der Waals surface area contributed by atoms with Crippen LogP contribution in [0.15, 0.2) is 24.3 Å². The highest BCUT2D eigenvalue weighted by Gasteiger charge is 2.33. The number of para-hydroxylation sites is 1. The van der Waals surface area contributed by atoms with E-state index in [9.17, 15) is 4.79 Å². The number of piperidine rings is 1. The van der Waals surface area contributed by atoms with E-state index in [0.29, 0.717) is 17.0 Å². The largest absolute Gasteiger partial charge is 0.336 e. The summed E-state index contributed by atoms with van der Waals surface area (Å²) in [7, 11) is 1.97. The molecule has 1 saturated carbocycles. The van der Waals surface area contributed by atoms with Gasteiger partial charge >= 0.3 is 0 Å². The summed E-state index contributed by atoms with van der Waals surface area (Å²) in [5, 5.41) is 8.42. The van der Waals surface area contributed by atoms with Crippen LogP contribution in [0.3, 0.4) is 0 Å². The van der Waals surface area contributed by atoms with Crippen LogP contribution in [0.25, 0.3) is 5.69 Å². The van der Waals surface area contributed by atoms with Crippen molar-refractivity contribution < 1.29 is 4.79 Å². The number of nitrogens with zero attached hydrogens (tertiary/aromatic N) is 4. The Morgan fingerprint density at radius 1 is 1.20 bits per heavy atom. The second-order valence-electron chi connectivity index (χ2n) is 6.79. The van der Waals surface area contributed by atoms with Gasteiger partial charge < -0.3 is 10.2 Å². The molecule has 0 bridgehead atoms. The van der Waals surface area contributed by atoms with Gasteiger partial charge in [-0.05, 0) is 44.9 Å². The first kappa shape index (κ1) is 16.5. The third-order valence-corrected chi connectivity index (χ3v) is 5.36. The summed E-state index contributed by atoms with van der Waals surface area (Å²) in [6.07, 6.45) is 4.10. The van der Waals surface area contributed by atoms with E-state index in [-0.39, 0.29) is 11.7 Å². The summed E-state index contributed by atoms with van der Waals surface area (Å²) in [5.41, 5.74) is 0.784. The minimum atomic E-state index is -0.0812. The molecule has 0 radical (unpaired) electrons. The first-order valence-corrected chi connectivity index (χ1v) is 9.23. The first-order chi connectivity index (χ1) is 12.2. The molecule has 1 aliphatic carbocycles. The Bertz CT molecular complexity index is 778. The number of hydrogen-bond acceptors (Lipinski definition) is 4. The van der Waals surface area contributed by atoms with Gasteiger partial charge in [-0.25, -0.2) is 9.67 Å². The number of benzene rings is 1. The predicted octanol–water partition coefficient (Wildman–Crippen LogP) is 2.62. The molecule has 2 heterocycles. The van der Waals surface area contributed by atoms with Gasteiger partial charge in [-0.1, -0.05) is 23.7 Å². The van der Waals surface area contributed by atoms with E-state index in [2.05, 4.69) is 15.4 Å². The zero-order valence-corrected chi connectivity index (χ0v) is 15.0. The smallest absolute Gasteiger partial charge is 0.293 e. The lowest BCUT2D eigenvalue weighted by Gasteiger charge is -2.30. The highest BCUT2D eigenvalue weighted by atomic mass is 35.5. The van der Waals surface area contributed by atoms with E-state index in [4.69, 9.17) is 11.6 Å². The average Bonchev–Trinajstić information content (AvgIpc) is 3.40. The van der Waals surface area contributed by atoms with Crippen LogP contribution in [0, 0.1) is 0 Å². The van der Waals surface area contributed by atoms with Gasteiger partial charge in [0.2, 0.25) is 5.82 Å². The van der Waals surface area contributed by atoms with Crippen molar-refractivity contribution in [1.82, 2.24) is 25.0 Å². The Hall–Kier alpha value is -1.92. The highest BCUT2D eigenvalue weighted by molar-refractivity contribution is 6.32. The van der Waals surface area contributed by atoms with Gasteiger partial charge in [-0.2, -0.15) is 0 Å². The maximum absolute atomic E-state index is 12.9. The third-order valence-electron chi connectivity index (χ3n) is 5.04. The Morgan fingerprint density at radius 2 is 1.92 bits per heavy atom. The van der Waals surface area contributed by atoms with Gasteiger partial charge in [0.15, 0.2) is 0 Å². The van der Waals surface area contributed by atoms with Gasteiger partial charge in [-0.15, -0.1) is 5.10 Å². The zero-order chi connectivity index (χ0) is 17.4. The van der Waals surface area contributed by atoms with E-state index < -0.39 is 0 Å². The Morgan fingerprint density at radius 3 is 2.56 bits per heavy atom. The van der Waals surface area contributed by atoms with Crippen molar-refractivity contribution in [3.8, 4) is 5.69 Å². The molecule has 7 heteroatoms.